The first-order valence-corrected chi connectivity index (χ1v) is 13.3. The Bertz CT molecular complexity index is 1170. The van der Waals surface area contributed by atoms with Crippen molar-refractivity contribution in [3.63, 3.8) is 0 Å². The van der Waals surface area contributed by atoms with Gasteiger partial charge in [-0.1, -0.05) is 6.07 Å². The van der Waals surface area contributed by atoms with Gasteiger partial charge in [-0.25, -0.2) is 12.8 Å². The molecule has 8 heteroatoms. The van der Waals surface area contributed by atoms with Gasteiger partial charge in [0.2, 0.25) is 5.91 Å². The maximum Gasteiger partial charge on any atom is 0.224 e. The molecule has 1 atom stereocenters. The van der Waals surface area contributed by atoms with Gasteiger partial charge >= 0.3 is 0 Å². The van der Waals surface area contributed by atoms with Crippen LogP contribution in [0.3, 0.4) is 0 Å². The molecule has 31 heavy (non-hydrogen) atoms. The van der Waals surface area contributed by atoms with Gasteiger partial charge in [-0.05, 0) is 94.0 Å². The fourth-order valence-electron chi connectivity index (χ4n) is 3.50. The molecule has 0 radical (unpaired) electrons. The van der Waals surface area contributed by atoms with Crippen LogP contribution in [0.15, 0.2) is 52.9 Å². The van der Waals surface area contributed by atoms with E-state index in [2.05, 4.69) is 5.32 Å². The van der Waals surface area contributed by atoms with Crippen LogP contribution in [0.5, 0.6) is 0 Å². The van der Waals surface area contributed by atoms with Gasteiger partial charge in [0.25, 0.3) is 0 Å². The van der Waals surface area contributed by atoms with Gasteiger partial charge in [0.05, 0.1) is 12.2 Å². The minimum atomic E-state index is -3.17. The summed E-state index contributed by atoms with van der Waals surface area (Å²) >= 11 is -1.06. The van der Waals surface area contributed by atoms with Gasteiger partial charge in [0.1, 0.15) is 21.9 Å². The molecular weight excluding hydrogens is 437 g/mol. The van der Waals surface area contributed by atoms with Gasteiger partial charge in [-0.15, -0.1) is 0 Å². The molecule has 3 rings (SSSR count). The predicted molar refractivity (Wildman–Crippen MR) is 123 cm³/mol. The summed E-state index contributed by atoms with van der Waals surface area (Å²) in [7, 11) is -3.17. The number of nitrogens with one attached hydrogen (secondary N) is 1. The second-order valence-electron chi connectivity index (χ2n) is 7.53. The maximum absolute atomic E-state index is 14.0. The lowest BCUT2D eigenvalue weighted by molar-refractivity contribution is -0.119. The lowest BCUT2D eigenvalue weighted by Crippen LogP contribution is -2.28. The van der Waals surface area contributed by atoms with Crippen LogP contribution in [-0.4, -0.2) is 43.7 Å². The molecule has 5 nitrogen and oxygen atoms in total. The highest BCUT2D eigenvalue weighted by atomic mass is 32.2. The second kappa shape index (κ2) is 9.38. The number of sulfone groups is 1. The number of allylic oxidation sites excluding steroid dienone is 2. The van der Waals surface area contributed by atoms with Crippen molar-refractivity contribution in [1.82, 2.24) is 5.32 Å². The third-order valence-electron chi connectivity index (χ3n) is 5.11. The summed E-state index contributed by atoms with van der Waals surface area (Å²) in [6.45, 7) is 1.92. The van der Waals surface area contributed by atoms with E-state index in [1.165, 1.54) is 12.1 Å². The molecule has 0 fully saturated rings. The number of halogens is 1. The molecule has 0 bridgehead atoms. The summed E-state index contributed by atoms with van der Waals surface area (Å²) in [6.07, 6.45) is 4.72. The van der Waals surface area contributed by atoms with E-state index in [1.54, 1.807) is 24.5 Å². The van der Waals surface area contributed by atoms with Crippen LogP contribution in [0.4, 0.5) is 4.39 Å². The highest BCUT2D eigenvalue weighted by Gasteiger charge is 2.25. The molecule has 0 saturated heterocycles. The first kappa shape index (κ1) is 23.2. The predicted octanol–water partition coefficient (Wildman–Crippen LogP) is 3.44. The minimum absolute atomic E-state index is 0.0249. The van der Waals surface area contributed by atoms with Crippen molar-refractivity contribution in [2.24, 2.45) is 0 Å². The Morgan fingerprint density at radius 2 is 1.84 bits per heavy atom. The summed E-state index contributed by atoms with van der Waals surface area (Å²) in [4.78, 5) is 13.1. The average molecular weight is 462 g/mol. The van der Waals surface area contributed by atoms with E-state index < -0.39 is 26.8 Å². The van der Waals surface area contributed by atoms with Crippen LogP contribution >= 0.6 is 0 Å². The number of rotatable bonds is 7. The molecule has 2 aromatic carbocycles. The molecule has 0 aromatic heterocycles. The highest BCUT2D eigenvalue weighted by molar-refractivity contribution is 7.91. The molecule has 1 unspecified atom stereocenters. The third-order valence-corrected chi connectivity index (χ3v) is 6.99. The van der Waals surface area contributed by atoms with Crippen LogP contribution in [0.1, 0.15) is 30.0 Å². The zero-order chi connectivity index (χ0) is 22.8. The smallest absolute Gasteiger partial charge is 0.224 e. The van der Waals surface area contributed by atoms with E-state index in [9.17, 15) is 22.2 Å². The van der Waals surface area contributed by atoms with E-state index in [4.69, 9.17) is 0 Å². The molecule has 0 heterocycles. The van der Waals surface area contributed by atoms with Crippen molar-refractivity contribution in [2.45, 2.75) is 18.2 Å². The number of fused-ring (bicyclic) bond motifs is 1. The molecular formula is C23H24FNO4S2. The largest absolute Gasteiger partial charge is 0.612 e. The van der Waals surface area contributed by atoms with E-state index >= 15 is 0 Å². The normalized spacial score (nSPS) is 15.8. The maximum atomic E-state index is 14.0. The summed E-state index contributed by atoms with van der Waals surface area (Å²) in [5.74, 6) is -0.840. The third kappa shape index (κ3) is 5.84. The van der Waals surface area contributed by atoms with Gasteiger partial charge < -0.3 is 9.87 Å². The SMILES string of the molecule is CC1=C(CC(=O)NCCS(C)(=O)=O)c2cc(F)ccc2/C1=C\c1ccc([S+](C)[O-])cc1. The number of amides is 1. The molecule has 1 N–H and O–H groups in total. The van der Waals surface area contributed by atoms with Crippen molar-refractivity contribution in [3.8, 4) is 0 Å². The Hall–Kier alpha value is -2.42. The Labute approximate surface area is 185 Å². The number of carbonyl (C=O) groups is 1. The van der Waals surface area contributed by atoms with Crippen molar-refractivity contribution >= 4 is 44.1 Å². The lowest BCUT2D eigenvalue weighted by atomic mass is 10.0. The molecule has 0 spiro atoms. The van der Waals surface area contributed by atoms with Crippen molar-refractivity contribution < 1.29 is 22.2 Å². The van der Waals surface area contributed by atoms with E-state index in [1.807, 2.05) is 25.1 Å². The summed E-state index contributed by atoms with van der Waals surface area (Å²) in [5, 5.41) is 2.62. The number of benzene rings is 2. The lowest BCUT2D eigenvalue weighted by Gasteiger charge is -2.08. The molecule has 1 aliphatic carbocycles. The topological polar surface area (TPSA) is 86.3 Å². The van der Waals surface area contributed by atoms with Crippen LogP contribution in [-0.2, 0) is 25.8 Å². The Morgan fingerprint density at radius 3 is 2.45 bits per heavy atom. The zero-order valence-electron chi connectivity index (χ0n) is 17.6. The quantitative estimate of drug-likeness (QED) is 0.640. The molecule has 1 amide bonds. The second-order valence-corrected chi connectivity index (χ2v) is 11.2. The molecule has 164 valence electrons. The number of hydrogen-bond donors (Lipinski definition) is 1. The van der Waals surface area contributed by atoms with Crippen LogP contribution in [0.25, 0.3) is 17.2 Å². The first-order chi connectivity index (χ1) is 14.5. The Morgan fingerprint density at radius 1 is 1.16 bits per heavy atom. The number of hydrogen-bond acceptors (Lipinski definition) is 4. The monoisotopic (exact) mass is 461 g/mol. The van der Waals surface area contributed by atoms with Crippen molar-refractivity contribution in [2.75, 3.05) is 24.8 Å². The van der Waals surface area contributed by atoms with E-state index in [0.29, 0.717) is 11.1 Å². The highest BCUT2D eigenvalue weighted by Crippen LogP contribution is 2.43. The Balaban J connectivity index is 1.90. The van der Waals surface area contributed by atoms with Crippen molar-refractivity contribution in [1.29, 1.82) is 0 Å². The average Bonchev–Trinajstić information content (AvgIpc) is 2.92. The van der Waals surface area contributed by atoms with Crippen LogP contribution in [0, 0.1) is 5.82 Å². The van der Waals surface area contributed by atoms with E-state index in [-0.39, 0.29) is 24.6 Å². The summed E-state index contributed by atoms with van der Waals surface area (Å²) < 4.78 is 48.1. The summed E-state index contributed by atoms with van der Waals surface area (Å²) in [6, 6.07) is 11.9. The Kier molecular flexibility index (Phi) is 7.03. The number of carbonyl (C=O) groups excluding carboxylic acids is 1. The first-order valence-electron chi connectivity index (χ1n) is 9.65. The fourth-order valence-corrected chi connectivity index (χ4v) is 4.49. The molecule has 0 saturated carbocycles. The van der Waals surface area contributed by atoms with Gasteiger partial charge in [-0.3, -0.25) is 4.79 Å². The van der Waals surface area contributed by atoms with Crippen LogP contribution < -0.4 is 5.32 Å². The minimum Gasteiger partial charge on any atom is -0.612 e. The standard InChI is InChI=1S/C23H24FNO4S2/c1-15-20(12-16-4-7-18(8-5-16)30(2)27)19-9-6-17(24)13-22(19)21(15)14-23(26)25-10-11-31(3,28)29/h4-9,12-13H,10-11,14H2,1-3H3,(H,25,26)/b20-12-. The molecule has 1 aliphatic rings. The van der Waals surface area contributed by atoms with Gasteiger partial charge in [-0.2, -0.15) is 0 Å². The zero-order valence-corrected chi connectivity index (χ0v) is 19.2. The van der Waals surface area contributed by atoms with Crippen LogP contribution in [0.2, 0.25) is 0 Å². The van der Waals surface area contributed by atoms with E-state index in [0.717, 1.165) is 33.4 Å². The summed E-state index contributed by atoms with van der Waals surface area (Å²) in [5.41, 5.74) is 4.86. The van der Waals surface area contributed by atoms with Crippen molar-refractivity contribution in [3.05, 3.63) is 70.5 Å². The molecule has 2 aromatic rings. The molecule has 0 aliphatic heterocycles. The van der Waals surface area contributed by atoms with Gasteiger partial charge in [0, 0.05) is 12.8 Å². The van der Waals surface area contributed by atoms with Gasteiger partial charge in [0.15, 0.2) is 4.90 Å². The fraction of sp³-hybridized carbons (Fsp3) is 0.261.